The second-order valence-electron chi connectivity index (χ2n) is 10.2. The Morgan fingerprint density at radius 3 is 2.39 bits per heavy atom. The summed E-state index contributed by atoms with van der Waals surface area (Å²) in [5.74, 6) is 1.35. The van der Waals surface area contributed by atoms with E-state index in [1.165, 1.54) is 5.56 Å². The quantitative estimate of drug-likeness (QED) is 0.408. The molecule has 3 amide bonds. The van der Waals surface area contributed by atoms with Gasteiger partial charge in [0.15, 0.2) is 0 Å². The highest BCUT2D eigenvalue weighted by Crippen LogP contribution is 2.34. The van der Waals surface area contributed by atoms with Crippen LogP contribution in [0.1, 0.15) is 35.3 Å². The maximum Gasteiger partial charge on any atom is 0.330 e. The van der Waals surface area contributed by atoms with Gasteiger partial charge in [-0.25, -0.2) is 9.78 Å². The van der Waals surface area contributed by atoms with E-state index in [4.69, 9.17) is 4.74 Å². The van der Waals surface area contributed by atoms with Crippen molar-refractivity contribution in [2.24, 2.45) is 0 Å². The summed E-state index contributed by atoms with van der Waals surface area (Å²) in [5.41, 5.74) is 3.71. The Morgan fingerprint density at radius 2 is 1.73 bits per heavy atom. The third kappa shape index (κ3) is 6.26. The second kappa shape index (κ2) is 12.5. The molecule has 11 nitrogen and oxygen atoms in total. The number of benzene rings is 2. The van der Waals surface area contributed by atoms with E-state index in [1.54, 1.807) is 48.4 Å². The van der Waals surface area contributed by atoms with Gasteiger partial charge in [0.05, 0.1) is 19.3 Å². The van der Waals surface area contributed by atoms with Gasteiger partial charge in [0.2, 0.25) is 5.95 Å². The van der Waals surface area contributed by atoms with Crippen molar-refractivity contribution in [2.45, 2.75) is 26.9 Å². The van der Waals surface area contributed by atoms with Gasteiger partial charge in [0.1, 0.15) is 11.6 Å². The predicted octanol–water partition coefficient (Wildman–Crippen LogP) is 3.88. The fraction of sp³-hybridized carbons (Fsp3) is 0.400. The number of piperazine rings is 1. The zero-order valence-electron chi connectivity index (χ0n) is 24.2. The molecule has 0 aliphatic carbocycles. The van der Waals surface area contributed by atoms with Crippen molar-refractivity contribution in [3.63, 3.8) is 0 Å². The zero-order valence-corrected chi connectivity index (χ0v) is 24.2. The smallest absolute Gasteiger partial charge is 0.330 e. The molecule has 11 heteroatoms. The highest BCUT2D eigenvalue weighted by molar-refractivity contribution is 6.07. The number of nitrogens with zero attached hydrogens (tertiary/aromatic N) is 6. The fourth-order valence-electron chi connectivity index (χ4n) is 5.24. The van der Waals surface area contributed by atoms with Gasteiger partial charge in [-0.05, 0) is 37.2 Å². The van der Waals surface area contributed by atoms with E-state index in [2.05, 4.69) is 37.3 Å². The number of methoxy groups -OCH3 is 1. The molecule has 0 atom stereocenters. The van der Waals surface area contributed by atoms with Crippen molar-refractivity contribution >= 4 is 35.1 Å². The first-order valence-corrected chi connectivity index (χ1v) is 14.1. The SMILES string of the molecule is CCN1CCN(Cc2ccc(C(=O)Nc3cc(OC)cc(N4Cc5cnc(NC)nc5N(CC)C4=O)c3)cc2)CC1. The van der Waals surface area contributed by atoms with Crippen LogP contribution in [0, 0.1) is 0 Å². The predicted molar refractivity (Wildman–Crippen MR) is 161 cm³/mol. The van der Waals surface area contributed by atoms with Gasteiger partial charge >= 0.3 is 6.03 Å². The van der Waals surface area contributed by atoms with E-state index in [0.29, 0.717) is 47.5 Å². The molecule has 2 N–H and O–H groups in total. The number of likely N-dealkylation sites (N-methyl/N-ethyl adjacent to an activating group) is 1. The summed E-state index contributed by atoms with van der Waals surface area (Å²) >= 11 is 0. The first-order valence-electron chi connectivity index (χ1n) is 14.1. The Bertz CT molecular complexity index is 1390. The van der Waals surface area contributed by atoms with E-state index in [0.717, 1.165) is 44.8 Å². The largest absolute Gasteiger partial charge is 0.497 e. The van der Waals surface area contributed by atoms with E-state index >= 15 is 0 Å². The number of amides is 3. The maximum atomic E-state index is 13.5. The number of aromatic nitrogens is 2. The molecule has 0 radical (unpaired) electrons. The molecule has 2 aliphatic rings. The third-order valence-corrected chi connectivity index (χ3v) is 7.66. The maximum absolute atomic E-state index is 13.5. The lowest BCUT2D eigenvalue weighted by atomic mass is 10.1. The van der Waals surface area contributed by atoms with Crippen LogP contribution in [0.5, 0.6) is 5.75 Å². The number of urea groups is 1. The molecule has 2 aromatic carbocycles. The summed E-state index contributed by atoms with van der Waals surface area (Å²) < 4.78 is 5.52. The van der Waals surface area contributed by atoms with Crippen LogP contribution in [0.2, 0.25) is 0 Å². The summed E-state index contributed by atoms with van der Waals surface area (Å²) in [4.78, 5) is 43.7. The van der Waals surface area contributed by atoms with Gasteiger partial charge in [-0.3, -0.25) is 19.5 Å². The Labute approximate surface area is 241 Å². The number of rotatable bonds is 9. The highest BCUT2D eigenvalue weighted by Gasteiger charge is 2.32. The molecule has 1 fully saturated rings. The first kappa shape index (κ1) is 28.3. The van der Waals surface area contributed by atoms with Crippen molar-refractivity contribution in [1.82, 2.24) is 19.8 Å². The molecule has 0 unspecified atom stereocenters. The molecular formula is C30H38N8O3. The number of fused-ring (bicyclic) bond motifs is 1. The molecule has 3 heterocycles. The van der Waals surface area contributed by atoms with Crippen LogP contribution in [0.15, 0.2) is 48.7 Å². The molecule has 216 valence electrons. The van der Waals surface area contributed by atoms with Crippen LogP contribution in [-0.4, -0.2) is 85.1 Å². The Hall–Kier alpha value is -4.22. The molecule has 41 heavy (non-hydrogen) atoms. The topological polar surface area (TPSA) is 106 Å². The summed E-state index contributed by atoms with van der Waals surface area (Å²) in [5, 5.41) is 5.90. The lowest BCUT2D eigenvalue weighted by Gasteiger charge is -2.35. The minimum atomic E-state index is -0.231. The summed E-state index contributed by atoms with van der Waals surface area (Å²) in [6, 6.07) is 12.8. The molecule has 2 aliphatic heterocycles. The molecule has 0 bridgehead atoms. The van der Waals surface area contributed by atoms with Crippen LogP contribution < -0.4 is 25.2 Å². The van der Waals surface area contributed by atoms with Gasteiger partial charge < -0.3 is 20.3 Å². The Kier molecular flexibility index (Phi) is 8.65. The zero-order chi connectivity index (χ0) is 28.9. The van der Waals surface area contributed by atoms with Crippen LogP contribution in [0.4, 0.5) is 27.9 Å². The van der Waals surface area contributed by atoms with E-state index < -0.39 is 0 Å². The van der Waals surface area contributed by atoms with E-state index in [-0.39, 0.29) is 11.9 Å². The molecule has 1 saturated heterocycles. The third-order valence-electron chi connectivity index (χ3n) is 7.66. The minimum absolute atomic E-state index is 0.210. The van der Waals surface area contributed by atoms with Crippen LogP contribution in [0.25, 0.3) is 0 Å². The summed E-state index contributed by atoms with van der Waals surface area (Å²) in [7, 11) is 3.30. The number of anilines is 4. The minimum Gasteiger partial charge on any atom is -0.497 e. The van der Waals surface area contributed by atoms with Crippen LogP contribution >= 0.6 is 0 Å². The molecular weight excluding hydrogens is 520 g/mol. The standard InChI is InChI=1S/C30H38N8O3/c1-5-35-11-13-36(14-12-35)19-21-7-9-22(10-8-21)28(39)33-24-15-25(17-26(16-24)41-4)38-20-23-18-32-29(31-3)34-27(23)37(6-2)30(38)40/h7-10,15-18H,5-6,11-14,19-20H2,1-4H3,(H,33,39)(H,31,32,34). The van der Waals surface area contributed by atoms with Gasteiger partial charge in [0.25, 0.3) is 5.91 Å². The first-order chi connectivity index (χ1) is 19.9. The van der Waals surface area contributed by atoms with Gasteiger partial charge in [0, 0.05) is 81.5 Å². The van der Waals surface area contributed by atoms with Crippen molar-refractivity contribution < 1.29 is 14.3 Å². The molecule has 0 saturated carbocycles. The number of ether oxygens (including phenoxy) is 1. The molecule has 0 spiro atoms. The lowest BCUT2D eigenvalue weighted by molar-refractivity contribution is 0.102. The number of hydrogen-bond donors (Lipinski definition) is 2. The lowest BCUT2D eigenvalue weighted by Crippen LogP contribution is -2.48. The van der Waals surface area contributed by atoms with Crippen molar-refractivity contribution in [3.05, 3.63) is 65.4 Å². The van der Waals surface area contributed by atoms with Crippen LogP contribution in [0.3, 0.4) is 0 Å². The number of hydrogen-bond acceptors (Lipinski definition) is 8. The molecule has 3 aromatic rings. The second-order valence-corrected chi connectivity index (χ2v) is 10.2. The van der Waals surface area contributed by atoms with Crippen molar-refractivity contribution in [1.29, 1.82) is 0 Å². The van der Waals surface area contributed by atoms with Crippen LogP contribution in [-0.2, 0) is 13.1 Å². The Balaban J connectivity index is 1.31. The van der Waals surface area contributed by atoms with Crippen molar-refractivity contribution in [2.75, 3.05) is 73.9 Å². The average molecular weight is 559 g/mol. The van der Waals surface area contributed by atoms with E-state index in [1.807, 2.05) is 31.2 Å². The molecule has 5 rings (SSSR count). The molecule has 1 aromatic heterocycles. The van der Waals surface area contributed by atoms with Gasteiger partial charge in [-0.2, -0.15) is 4.98 Å². The van der Waals surface area contributed by atoms with Crippen molar-refractivity contribution in [3.8, 4) is 5.75 Å². The van der Waals surface area contributed by atoms with Gasteiger partial charge in [-0.15, -0.1) is 0 Å². The Morgan fingerprint density at radius 1 is 1.00 bits per heavy atom. The number of nitrogens with one attached hydrogen (secondary N) is 2. The number of carbonyl (C=O) groups is 2. The summed E-state index contributed by atoms with van der Waals surface area (Å²) in [6.45, 7) is 11.1. The van der Waals surface area contributed by atoms with Gasteiger partial charge in [-0.1, -0.05) is 19.1 Å². The van der Waals surface area contributed by atoms with E-state index in [9.17, 15) is 9.59 Å². The average Bonchev–Trinajstić information content (AvgIpc) is 3.01. The summed E-state index contributed by atoms with van der Waals surface area (Å²) in [6.07, 6.45) is 1.73. The normalized spacial score (nSPS) is 16.0. The fourth-order valence-corrected chi connectivity index (χ4v) is 5.24. The monoisotopic (exact) mass is 558 g/mol. The number of carbonyl (C=O) groups excluding carboxylic acids is 2. The highest BCUT2D eigenvalue weighted by atomic mass is 16.5.